The predicted octanol–water partition coefficient (Wildman–Crippen LogP) is 2.73. The molecule has 66 valence electrons. The van der Waals surface area contributed by atoms with Gasteiger partial charge in [0.25, 0.3) is 13.1 Å². The van der Waals surface area contributed by atoms with Gasteiger partial charge in [0.2, 0.25) is 0 Å². The van der Waals surface area contributed by atoms with E-state index in [4.69, 9.17) is 11.6 Å². The first kappa shape index (κ1) is 8.52. The fourth-order valence-corrected chi connectivity index (χ4v) is 1.57. The molecular formula is C10H10ClN2+. The maximum absolute atomic E-state index is 5.70. The van der Waals surface area contributed by atoms with Crippen LogP contribution in [0, 0.1) is 6.07 Å². The van der Waals surface area contributed by atoms with Gasteiger partial charge < -0.3 is 0 Å². The zero-order chi connectivity index (χ0) is 9.31. The van der Waals surface area contributed by atoms with Gasteiger partial charge in [-0.2, -0.15) is 0 Å². The molecule has 1 aliphatic carbocycles. The van der Waals surface area contributed by atoms with E-state index in [1.807, 2.05) is 18.3 Å². The van der Waals surface area contributed by atoms with Crippen LogP contribution < -0.4 is 0 Å². The Labute approximate surface area is 82.4 Å². The molecule has 2 nitrogen and oxygen atoms in total. The maximum Gasteiger partial charge on any atom is 0.284 e. The van der Waals surface area contributed by atoms with Crippen LogP contribution in [-0.2, 0) is 5.41 Å². The van der Waals surface area contributed by atoms with Gasteiger partial charge in [-0.15, -0.1) is 0 Å². The van der Waals surface area contributed by atoms with E-state index in [0.29, 0.717) is 5.15 Å². The summed E-state index contributed by atoms with van der Waals surface area (Å²) in [6.07, 6.45) is 4.05. The molecule has 13 heavy (non-hydrogen) atoms. The van der Waals surface area contributed by atoms with E-state index in [0.717, 1.165) is 12.8 Å². The quantitative estimate of drug-likeness (QED) is 0.627. The smallest absolute Gasteiger partial charge is 0.244 e. The second kappa shape index (κ2) is 3.01. The summed E-state index contributed by atoms with van der Waals surface area (Å²) < 4.78 is 0. The van der Waals surface area contributed by atoms with Crippen molar-refractivity contribution >= 4 is 11.6 Å². The Morgan fingerprint density at radius 1 is 1.54 bits per heavy atom. The van der Waals surface area contributed by atoms with Crippen molar-refractivity contribution in [2.24, 2.45) is 0 Å². The zero-order valence-corrected chi connectivity index (χ0v) is 8.17. The van der Waals surface area contributed by atoms with Gasteiger partial charge in [0.1, 0.15) is 10.6 Å². The van der Waals surface area contributed by atoms with Gasteiger partial charge in [-0.05, 0) is 24.5 Å². The number of rotatable bonds is 1. The SMILES string of the molecule is C[N+]#CC1(c2ccc(Cl)nc2)CC1. The van der Waals surface area contributed by atoms with Crippen LogP contribution >= 0.6 is 11.6 Å². The van der Waals surface area contributed by atoms with Crippen molar-refractivity contribution in [2.75, 3.05) is 7.05 Å². The van der Waals surface area contributed by atoms with E-state index < -0.39 is 0 Å². The lowest BCUT2D eigenvalue weighted by Gasteiger charge is -2.01. The minimum Gasteiger partial charge on any atom is -0.244 e. The van der Waals surface area contributed by atoms with Crippen molar-refractivity contribution in [1.82, 2.24) is 4.98 Å². The fourth-order valence-electron chi connectivity index (χ4n) is 1.46. The third-order valence-electron chi connectivity index (χ3n) is 2.36. The van der Waals surface area contributed by atoms with Gasteiger partial charge in [-0.1, -0.05) is 22.5 Å². The molecule has 0 N–H and O–H groups in total. The van der Waals surface area contributed by atoms with E-state index in [1.165, 1.54) is 5.56 Å². The van der Waals surface area contributed by atoms with Gasteiger partial charge in [-0.25, -0.2) is 4.98 Å². The summed E-state index contributed by atoms with van der Waals surface area (Å²) in [4.78, 5) is 8.01. The predicted molar refractivity (Wildman–Crippen MR) is 53.3 cm³/mol. The Hall–Kier alpha value is -1.07. The highest BCUT2D eigenvalue weighted by Gasteiger charge is 2.49. The standard InChI is InChI=1S/C10H10ClN2/c1-12-7-10(4-5-10)8-2-3-9(11)13-6-8/h2-3,6H,4-5H2,1H3/q+1. The Balaban J connectivity index is 2.34. The molecule has 0 amide bonds. The Bertz CT molecular complexity index is 368. The summed E-state index contributed by atoms with van der Waals surface area (Å²) in [5.74, 6) is 0. The summed E-state index contributed by atoms with van der Waals surface area (Å²) in [5.41, 5.74) is 1.22. The molecule has 1 heterocycles. The minimum absolute atomic E-state index is 0.0480. The van der Waals surface area contributed by atoms with Crippen LogP contribution in [0.25, 0.3) is 4.85 Å². The second-order valence-corrected chi connectivity index (χ2v) is 3.67. The molecule has 0 saturated heterocycles. The van der Waals surface area contributed by atoms with Gasteiger partial charge in [-0.3, -0.25) is 0 Å². The topological polar surface area (TPSA) is 17.2 Å². The molecule has 0 atom stereocenters. The van der Waals surface area contributed by atoms with Gasteiger partial charge >= 0.3 is 0 Å². The summed E-state index contributed by atoms with van der Waals surface area (Å²) >= 11 is 5.70. The molecule has 0 aromatic carbocycles. The van der Waals surface area contributed by atoms with Crippen molar-refractivity contribution < 1.29 is 0 Å². The first-order chi connectivity index (χ1) is 6.27. The Morgan fingerprint density at radius 2 is 2.31 bits per heavy atom. The van der Waals surface area contributed by atoms with E-state index in [-0.39, 0.29) is 5.41 Å². The van der Waals surface area contributed by atoms with E-state index in [2.05, 4.69) is 15.9 Å². The summed E-state index contributed by atoms with van der Waals surface area (Å²) in [5, 5.41) is 0.535. The highest BCUT2D eigenvalue weighted by molar-refractivity contribution is 6.29. The monoisotopic (exact) mass is 193 g/mol. The number of aromatic nitrogens is 1. The van der Waals surface area contributed by atoms with Gasteiger partial charge in [0, 0.05) is 6.20 Å². The van der Waals surface area contributed by atoms with E-state index >= 15 is 0 Å². The van der Waals surface area contributed by atoms with Crippen molar-refractivity contribution in [2.45, 2.75) is 18.3 Å². The normalized spacial score (nSPS) is 17.4. The van der Waals surface area contributed by atoms with Crippen molar-refractivity contribution in [1.29, 1.82) is 0 Å². The molecular weight excluding hydrogens is 184 g/mol. The molecule has 1 fully saturated rings. The largest absolute Gasteiger partial charge is 0.284 e. The molecule has 2 rings (SSSR count). The number of hydrogen-bond acceptors (Lipinski definition) is 1. The van der Waals surface area contributed by atoms with Crippen molar-refractivity contribution in [3.63, 3.8) is 0 Å². The molecule has 0 spiro atoms. The highest BCUT2D eigenvalue weighted by Crippen LogP contribution is 2.47. The van der Waals surface area contributed by atoms with Crippen LogP contribution in [0.15, 0.2) is 18.3 Å². The Kier molecular flexibility index (Phi) is 1.97. The number of pyridine rings is 1. The second-order valence-electron chi connectivity index (χ2n) is 3.29. The van der Waals surface area contributed by atoms with Crippen LogP contribution in [0.2, 0.25) is 5.15 Å². The number of halogens is 1. The average molecular weight is 194 g/mol. The van der Waals surface area contributed by atoms with Crippen LogP contribution in [0.5, 0.6) is 0 Å². The van der Waals surface area contributed by atoms with Crippen LogP contribution in [0.1, 0.15) is 18.4 Å². The number of hydrogen-bond donors (Lipinski definition) is 0. The molecule has 1 aliphatic rings. The molecule has 1 saturated carbocycles. The van der Waals surface area contributed by atoms with Crippen LogP contribution in [-0.4, -0.2) is 12.0 Å². The highest BCUT2D eigenvalue weighted by atomic mass is 35.5. The molecule has 3 heteroatoms. The molecule has 1 aromatic heterocycles. The lowest BCUT2D eigenvalue weighted by atomic mass is 10.0. The van der Waals surface area contributed by atoms with Crippen LogP contribution in [0.3, 0.4) is 0 Å². The molecule has 0 radical (unpaired) electrons. The first-order valence-corrected chi connectivity index (χ1v) is 4.63. The lowest BCUT2D eigenvalue weighted by Crippen LogP contribution is -2.02. The van der Waals surface area contributed by atoms with Crippen LogP contribution in [0.4, 0.5) is 0 Å². The van der Waals surface area contributed by atoms with Crippen molar-refractivity contribution in [3.05, 3.63) is 33.9 Å². The molecule has 0 unspecified atom stereocenters. The zero-order valence-electron chi connectivity index (χ0n) is 7.42. The summed E-state index contributed by atoms with van der Waals surface area (Å²) in [7, 11) is 1.75. The van der Waals surface area contributed by atoms with Crippen molar-refractivity contribution in [3.8, 4) is 6.07 Å². The Morgan fingerprint density at radius 3 is 2.77 bits per heavy atom. The first-order valence-electron chi connectivity index (χ1n) is 4.25. The fraction of sp³-hybridized carbons (Fsp3) is 0.400. The molecule has 0 aliphatic heterocycles. The van der Waals surface area contributed by atoms with E-state index in [9.17, 15) is 0 Å². The minimum atomic E-state index is 0.0480. The molecule has 1 aromatic rings. The average Bonchev–Trinajstić information content (AvgIpc) is 2.87. The lowest BCUT2D eigenvalue weighted by molar-refractivity contribution is 0.914. The third kappa shape index (κ3) is 1.52. The maximum atomic E-state index is 5.70. The van der Waals surface area contributed by atoms with E-state index in [1.54, 1.807) is 7.05 Å². The number of nitrogens with zero attached hydrogens (tertiary/aromatic N) is 2. The van der Waals surface area contributed by atoms with Gasteiger partial charge in [0.15, 0.2) is 0 Å². The summed E-state index contributed by atoms with van der Waals surface area (Å²) in [6.45, 7) is 0. The third-order valence-corrected chi connectivity index (χ3v) is 2.58. The molecule has 0 bridgehead atoms. The summed E-state index contributed by atoms with van der Waals surface area (Å²) in [6, 6.07) is 6.92. The van der Waals surface area contributed by atoms with Gasteiger partial charge in [0.05, 0.1) is 0 Å².